The van der Waals surface area contributed by atoms with E-state index in [1.807, 2.05) is 63.4 Å². The molecule has 2 aromatic carbocycles. The summed E-state index contributed by atoms with van der Waals surface area (Å²) in [7, 11) is 2.04. The SMILES string of the molecule is C=C1/C=C\C(c2ccccc2)=C/N(C)/C=C\C(c2ccccc2)=C/C1=C.CC. The second kappa shape index (κ2) is 10.7. The first-order chi connectivity index (χ1) is 13.6. The Morgan fingerprint density at radius 2 is 1.18 bits per heavy atom. The van der Waals surface area contributed by atoms with Crippen LogP contribution in [0.15, 0.2) is 122 Å². The predicted octanol–water partition coefficient (Wildman–Crippen LogP) is 7.27. The van der Waals surface area contributed by atoms with Crippen molar-refractivity contribution in [2.24, 2.45) is 0 Å². The van der Waals surface area contributed by atoms with Gasteiger partial charge >= 0.3 is 0 Å². The number of hydrogen-bond donors (Lipinski definition) is 0. The molecule has 142 valence electrons. The van der Waals surface area contributed by atoms with Crippen molar-refractivity contribution in [2.45, 2.75) is 13.8 Å². The summed E-state index contributed by atoms with van der Waals surface area (Å²) in [6.45, 7) is 12.4. The number of allylic oxidation sites excluding steroid dienone is 8. The van der Waals surface area contributed by atoms with Crippen LogP contribution in [-0.2, 0) is 0 Å². The molecule has 0 bridgehead atoms. The van der Waals surface area contributed by atoms with E-state index in [0.717, 1.165) is 33.4 Å². The molecule has 1 nitrogen and oxygen atoms in total. The van der Waals surface area contributed by atoms with E-state index in [1.54, 1.807) is 0 Å². The topological polar surface area (TPSA) is 3.24 Å². The Balaban J connectivity index is 0.00000136. The zero-order valence-electron chi connectivity index (χ0n) is 17.1. The van der Waals surface area contributed by atoms with Crippen molar-refractivity contribution in [3.8, 4) is 0 Å². The molecule has 0 fully saturated rings. The Bertz CT molecular complexity index is 909. The maximum absolute atomic E-state index is 4.20. The zero-order chi connectivity index (χ0) is 20.4. The van der Waals surface area contributed by atoms with Crippen LogP contribution in [0.2, 0.25) is 0 Å². The quantitative estimate of drug-likeness (QED) is 0.539. The summed E-state index contributed by atoms with van der Waals surface area (Å²) in [5.41, 5.74) is 6.35. The van der Waals surface area contributed by atoms with Gasteiger partial charge < -0.3 is 4.90 Å². The Kier molecular flexibility index (Phi) is 8.05. The summed E-state index contributed by atoms with van der Waals surface area (Å²) in [5, 5.41) is 0. The molecule has 0 atom stereocenters. The first-order valence-electron chi connectivity index (χ1n) is 9.64. The molecule has 1 heteroatoms. The van der Waals surface area contributed by atoms with Gasteiger partial charge in [-0.1, -0.05) is 99.8 Å². The summed E-state index contributed by atoms with van der Waals surface area (Å²) in [5.74, 6) is 0. The van der Waals surface area contributed by atoms with Gasteiger partial charge in [0, 0.05) is 19.4 Å². The second-order valence-corrected chi connectivity index (χ2v) is 6.28. The van der Waals surface area contributed by atoms with Gasteiger partial charge in [0.2, 0.25) is 0 Å². The van der Waals surface area contributed by atoms with Gasteiger partial charge in [0.1, 0.15) is 0 Å². The van der Waals surface area contributed by atoms with E-state index in [4.69, 9.17) is 0 Å². The van der Waals surface area contributed by atoms with Gasteiger partial charge in [0.25, 0.3) is 0 Å². The molecule has 1 aliphatic heterocycles. The van der Waals surface area contributed by atoms with E-state index in [-0.39, 0.29) is 0 Å². The molecule has 3 rings (SSSR count). The molecule has 28 heavy (non-hydrogen) atoms. The molecule has 0 amide bonds. The van der Waals surface area contributed by atoms with Crippen LogP contribution in [0.3, 0.4) is 0 Å². The van der Waals surface area contributed by atoms with Crippen molar-refractivity contribution >= 4 is 11.1 Å². The fourth-order valence-electron chi connectivity index (χ4n) is 2.74. The highest BCUT2D eigenvalue weighted by molar-refractivity contribution is 5.79. The summed E-state index contributed by atoms with van der Waals surface area (Å²) in [4.78, 5) is 2.07. The molecule has 0 radical (unpaired) electrons. The first kappa shape index (κ1) is 21.0. The third kappa shape index (κ3) is 5.85. The normalized spacial score (nSPS) is 20.5. The number of nitrogens with zero attached hydrogens (tertiary/aromatic N) is 1. The van der Waals surface area contributed by atoms with Gasteiger partial charge in [-0.3, -0.25) is 0 Å². The maximum Gasteiger partial charge on any atom is 0.0110 e. The van der Waals surface area contributed by atoms with E-state index < -0.39 is 0 Å². The third-order valence-corrected chi connectivity index (χ3v) is 4.25. The van der Waals surface area contributed by atoms with Gasteiger partial charge in [-0.15, -0.1) is 0 Å². The van der Waals surface area contributed by atoms with Crippen LogP contribution >= 0.6 is 0 Å². The van der Waals surface area contributed by atoms with Crippen molar-refractivity contribution in [3.63, 3.8) is 0 Å². The molecular formula is C27H29N. The monoisotopic (exact) mass is 367 g/mol. The van der Waals surface area contributed by atoms with Crippen molar-refractivity contribution in [1.82, 2.24) is 4.90 Å². The molecule has 1 aliphatic rings. The smallest absolute Gasteiger partial charge is 0.0110 e. The summed E-state index contributed by atoms with van der Waals surface area (Å²) in [6, 6.07) is 20.7. The molecule has 2 aromatic rings. The van der Waals surface area contributed by atoms with E-state index >= 15 is 0 Å². The zero-order valence-corrected chi connectivity index (χ0v) is 17.1. The van der Waals surface area contributed by atoms with Crippen LogP contribution < -0.4 is 0 Å². The van der Waals surface area contributed by atoms with Gasteiger partial charge in [-0.2, -0.15) is 0 Å². The van der Waals surface area contributed by atoms with Crippen LogP contribution in [-0.4, -0.2) is 11.9 Å². The second-order valence-electron chi connectivity index (χ2n) is 6.28. The van der Waals surface area contributed by atoms with Crippen LogP contribution in [0.5, 0.6) is 0 Å². The molecule has 0 spiro atoms. The Morgan fingerprint density at radius 3 is 1.75 bits per heavy atom. The predicted molar refractivity (Wildman–Crippen MR) is 125 cm³/mol. The molecule has 0 aliphatic carbocycles. The fourth-order valence-corrected chi connectivity index (χ4v) is 2.74. The molecular weight excluding hydrogens is 338 g/mol. The molecule has 0 unspecified atom stereocenters. The molecule has 0 N–H and O–H groups in total. The van der Waals surface area contributed by atoms with E-state index in [9.17, 15) is 0 Å². The first-order valence-corrected chi connectivity index (χ1v) is 9.64. The maximum atomic E-state index is 4.20. The highest BCUT2D eigenvalue weighted by Crippen LogP contribution is 2.24. The van der Waals surface area contributed by atoms with Gasteiger partial charge in [-0.25, -0.2) is 0 Å². The van der Waals surface area contributed by atoms with Crippen LogP contribution in [0, 0.1) is 0 Å². The minimum atomic E-state index is 0.901. The number of hydrogen-bond acceptors (Lipinski definition) is 1. The number of rotatable bonds is 2. The van der Waals surface area contributed by atoms with Gasteiger partial charge in [0.05, 0.1) is 0 Å². The molecule has 0 saturated heterocycles. The lowest BCUT2D eigenvalue weighted by Gasteiger charge is -2.11. The highest BCUT2D eigenvalue weighted by atomic mass is 15.0. The Hall–Kier alpha value is -3.32. The molecule has 0 aromatic heterocycles. The van der Waals surface area contributed by atoms with Crippen molar-refractivity contribution < 1.29 is 0 Å². The van der Waals surface area contributed by atoms with Crippen LogP contribution in [0.4, 0.5) is 0 Å². The standard InChI is InChI=1S/C25H23N.C2H6/c1-20-14-15-25(23-12-8-5-9-13-23)19-26(3)17-16-24(18-21(20)2)22-10-6-4-7-11-22;1-2/h4-19H,1-2H2,3H3;1-2H3/b15-14-,17-16-,24-18+,25-19+;. The van der Waals surface area contributed by atoms with Crippen molar-refractivity contribution in [3.05, 3.63) is 133 Å². The fraction of sp³-hybridized carbons (Fsp3) is 0.111. The third-order valence-electron chi connectivity index (χ3n) is 4.25. The van der Waals surface area contributed by atoms with E-state index in [2.05, 4.69) is 73.0 Å². The summed E-state index contributed by atoms with van der Waals surface area (Å²) >= 11 is 0. The molecule has 1 heterocycles. The van der Waals surface area contributed by atoms with E-state index in [1.165, 1.54) is 0 Å². The van der Waals surface area contributed by atoms with Crippen LogP contribution in [0.25, 0.3) is 11.1 Å². The summed E-state index contributed by atoms with van der Waals surface area (Å²) in [6.07, 6.45) is 12.5. The lowest BCUT2D eigenvalue weighted by Crippen LogP contribution is -2.01. The number of benzene rings is 2. The Labute approximate surface area is 170 Å². The highest BCUT2D eigenvalue weighted by Gasteiger charge is 2.04. The average Bonchev–Trinajstić information content (AvgIpc) is 2.78. The van der Waals surface area contributed by atoms with Crippen LogP contribution in [0.1, 0.15) is 25.0 Å². The largest absolute Gasteiger partial charge is 0.357 e. The van der Waals surface area contributed by atoms with Gasteiger partial charge in [0.15, 0.2) is 0 Å². The summed E-state index contributed by atoms with van der Waals surface area (Å²) < 4.78 is 0. The average molecular weight is 368 g/mol. The Morgan fingerprint density at radius 1 is 0.643 bits per heavy atom. The van der Waals surface area contributed by atoms with E-state index in [0.29, 0.717) is 0 Å². The lowest BCUT2D eigenvalue weighted by molar-refractivity contribution is 0.629. The van der Waals surface area contributed by atoms with Crippen molar-refractivity contribution in [2.75, 3.05) is 7.05 Å². The van der Waals surface area contributed by atoms with Crippen molar-refractivity contribution in [1.29, 1.82) is 0 Å². The molecule has 0 saturated carbocycles. The minimum absolute atomic E-state index is 0.901. The van der Waals surface area contributed by atoms with Gasteiger partial charge in [-0.05, 0) is 45.6 Å². The lowest BCUT2D eigenvalue weighted by atomic mass is 9.99. The minimum Gasteiger partial charge on any atom is -0.357 e.